The van der Waals surface area contributed by atoms with E-state index in [9.17, 15) is 36.6 Å². The van der Waals surface area contributed by atoms with Crippen molar-refractivity contribution in [2.75, 3.05) is 19.1 Å². The second-order valence-electron chi connectivity index (χ2n) is 5.72. The number of alkyl halides is 5. The Morgan fingerprint density at radius 2 is 1.90 bits per heavy atom. The van der Waals surface area contributed by atoms with Crippen LogP contribution in [0.25, 0.3) is 0 Å². The Morgan fingerprint density at radius 3 is 2.34 bits per heavy atom. The molecule has 12 heteroatoms. The van der Waals surface area contributed by atoms with Gasteiger partial charge in [0.25, 0.3) is 0 Å². The van der Waals surface area contributed by atoms with Gasteiger partial charge in [-0.25, -0.2) is 18.4 Å². The molecule has 1 aliphatic rings. The average molecular weight is 505 g/mol. The number of methoxy groups -OCH3 is 1. The molecule has 1 aliphatic heterocycles. The van der Waals surface area contributed by atoms with Crippen LogP contribution in [0.5, 0.6) is 0 Å². The summed E-state index contributed by atoms with van der Waals surface area (Å²) in [4.78, 5) is 24.2. The molecule has 1 atom stereocenters. The maximum atomic E-state index is 14.7. The van der Waals surface area contributed by atoms with Crippen molar-refractivity contribution in [3.05, 3.63) is 56.6 Å². The van der Waals surface area contributed by atoms with E-state index in [1.54, 1.807) is 0 Å². The largest absolute Gasteiger partial charge is 0.478 e. The molecule has 1 heterocycles. The van der Waals surface area contributed by atoms with Crippen LogP contribution >= 0.6 is 27.5 Å². The van der Waals surface area contributed by atoms with Gasteiger partial charge in [0.05, 0.1) is 40.5 Å². The number of nitrogens with one attached hydrogen (secondary N) is 1. The van der Waals surface area contributed by atoms with Crippen molar-refractivity contribution >= 4 is 39.5 Å². The van der Waals surface area contributed by atoms with Gasteiger partial charge in [-0.05, 0) is 12.1 Å². The van der Waals surface area contributed by atoms with E-state index >= 15 is 0 Å². The highest BCUT2D eigenvalue weighted by Gasteiger charge is 2.46. The molecule has 0 spiro atoms. The van der Waals surface area contributed by atoms with Crippen LogP contribution in [0, 0.1) is 5.82 Å². The zero-order valence-electron chi connectivity index (χ0n) is 14.5. The molecule has 2 rings (SSSR count). The number of benzene rings is 1. The standard InChI is InChI=1S/C17H12BrClF5NO4/c1-29-16(28)12-9(5-20)25-8(4-18)11(15(26)27)13(12)10-7(21)3-2-6(19)14(10)17(22,23)24/h2-3,13,25H,4-5H2,1H3,(H,26,27). The molecule has 0 saturated heterocycles. The number of esters is 1. The number of dihydropyridines is 1. The summed E-state index contributed by atoms with van der Waals surface area (Å²) in [5.41, 5.74) is -5.27. The van der Waals surface area contributed by atoms with E-state index in [4.69, 9.17) is 11.6 Å². The number of aliphatic carboxylic acids is 1. The molecule has 0 saturated carbocycles. The molecular formula is C17H12BrClF5NO4. The van der Waals surface area contributed by atoms with E-state index in [1.807, 2.05) is 0 Å². The second-order valence-corrected chi connectivity index (χ2v) is 6.69. The van der Waals surface area contributed by atoms with Crippen molar-refractivity contribution in [1.82, 2.24) is 5.32 Å². The number of carbonyl (C=O) groups excluding carboxylic acids is 1. The summed E-state index contributed by atoms with van der Waals surface area (Å²) in [5, 5.41) is 10.8. The Kier molecular flexibility index (Phi) is 6.94. The minimum Gasteiger partial charge on any atom is -0.478 e. The van der Waals surface area contributed by atoms with Gasteiger partial charge in [-0.15, -0.1) is 0 Å². The van der Waals surface area contributed by atoms with Crippen molar-refractivity contribution in [1.29, 1.82) is 0 Å². The summed E-state index contributed by atoms with van der Waals surface area (Å²) in [6.07, 6.45) is -5.20. The van der Waals surface area contributed by atoms with Gasteiger partial charge in [-0.3, -0.25) is 0 Å². The third kappa shape index (κ3) is 4.25. The molecular weight excluding hydrogens is 493 g/mol. The number of ether oxygens (including phenoxy) is 1. The predicted octanol–water partition coefficient (Wildman–Crippen LogP) is 4.31. The van der Waals surface area contributed by atoms with Crippen LogP contribution < -0.4 is 5.32 Å². The zero-order valence-corrected chi connectivity index (χ0v) is 16.8. The highest BCUT2D eigenvalue weighted by Crippen LogP contribution is 2.47. The Hall–Kier alpha value is -2.14. The molecule has 1 unspecified atom stereocenters. The lowest BCUT2D eigenvalue weighted by Gasteiger charge is -2.32. The normalized spacial score (nSPS) is 17.3. The summed E-state index contributed by atoms with van der Waals surface area (Å²) in [7, 11) is 0.866. The van der Waals surface area contributed by atoms with E-state index in [0.717, 1.165) is 7.11 Å². The number of hydrogen-bond acceptors (Lipinski definition) is 4. The van der Waals surface area contributed by atoms with Crippen LogP contribution in [0.15, 0.2) is 34.7 Å². The molecule has 0 aliphatic carbocycles. The van der Waals surface area contributed by atoms with Crippen molar-refractivity contribution < 1.29 is 41.4 Å². The maximum Gasteiger partial charge on any atom is 0.418 e. The van der Waals surface area contributed by atoms with Gasteiger partial charge in [0, 0.05) is 16.6 Å². The predicted molar refractivity (Wildman–Crippen MR) is 95.8 cm³/mol. The molecule has 0 aromatic heterocycles. The fraction of sp³-hybridized carbons (Fsp3) is 0.294. The monoisotopic (exact) mass is 503 g/mol. The lowest BCUT2D eigenvalue weighted by Crippen LogP contribution is -2.35. The summed E-state index contributed by atoms with van der Waals surface area (Å²) in [5.74, 6) is -6.67. The first-order chi connectivity index (χ1) is 13.5. The van der Waals surface area contributed by atoms with E-state index in [0.29, 0.717) is 12.1 Å². The zero-order chi connectivity index (χ0) is 22.1. The SMILES string of the molecule is COC(=O)C1=C(CF)NC(CBr)=C(C(=O)O)C1c1c(F)ccc(Cl)c1C(F)(F)F. The van der Waals surface area contributed by atoms with Crippen LogP contribution in [0.4, 0.5) is 22.0 Å². The molecule has 29 heavy (non-hydrogen) atoms. The topological polar surface area (TPSA) is 75.6 Å². The van der Waals surface area contributed by atoms with Gasteiger partial charge < -0.3 is 15.2 Å². The first-order valence-corrected chi connectivity index (χ1v) is 9.21. The summed E-state index contributed by atoms with van der Waals surface area (Å²) in [6, 6.07) is 1.25. The van der Waals surface area contributed by atoms with Crippen molar-refractivity contribution in [2.45, 2.75) is 12.1 Å². The number of carbonyl (C=O) groups is 2. The van der Waals surface area contributed by atoms with Gasteiger partial charge >= 0.3 is 18.1 Å². The van der Waals surface area contributed by atoms with Gasteiger partial charge in [0.1, 0.15) is 12.5 Å². The van der Waals surface area contributed by atoms with Crippen LogP contribution in [0.1, 0.15) is 17.0 Å². The Bertz CT molecular complexity index is 929. The quantitative estimate of drug-likeness (QED) is 0.355. The van der Waals surface area contributed by atoms with Crippen LogP contribution in [-0.4, -0.2) is 36.2 Å². The molecule has 1 aromatic rings. The second kappa shape index (κ2) is 8.70. The Labute approximate surface area is 174 Å². The summed E-state index contributed by atoms with van der Waals surface area (Å²) >= 11 is 8.61. The van der Waals surface area contributed by atoms with Gasteiger partial charge in [0.15, 0.2) is 0 Å². The summed E-state index contributed by atoms with van der Waals surface area (Å²) < 4.78 is 73.9. The smallest absolute Gasteiger partial charge is 0.418 e. The van der Waals surface area contributed by atoms with Crippen molar-refractivity contribution in [3.63, 3.8) is 0 Å². The van der Waals surface area contributed by atoms with E-state index < -0.39 is 69.5 Å². The minimum atomic E-state index is -5.20. The molecule has 2 N–H and O–H groups in total. The number of halogens is 7. The van der Waals surface area contributed by atoms with E-state index in [-0.39, 0.29) is 11.0 Å². The molecule has 5 nitrogen and oxygen atoms in total. The minimum absolute atomic E-state index is 0.254. The molecule has 1 aromatic carbocycles. The Balaban J connectivity index is 3.04. The fourth-order valence-electron chi connectivity index (χ4n) is 3.05. The first-order valence-electron chi connectivity index (χ1n) is 7.71. The number of carboxylic acid groups (broad SMARTS) is 1. The average Bonchev–Trinajstić information content (AvgIpc) is 2.65. The third-order valence-corrected chi connectivity index (χ3v) is 5.02. The van der Waals surface area contributed by atoms with Crippen LogP contribution in [0.2, 0.25) is 5.02 Å². The van der Waals surface area contributed by atoms with Gasteiger partial charge in [-0.1, -0.05) is 27.5 Å². The van der Waals surface area contributed by atoms with Crippen molar-refractivity contribution in [2.24, 2.45) is 0 Å². The highest BCUT2D eigenvalue weighted by atomic mass is 79.9. The third-order valence-electron chi connectivity index (χ3n) is 4.15. The van der Waals surface area contributed by atoms with Gasteiger partial charge in [-0.2, -0.15) is 13.2 Å². The lowest BCUT2D eigenvalue weighted by molar-refractivity contribution is -0.140. The number of carboxylic acids is 1. The van der Waals surface area contributed by atoms with E-state index in [1.165, 1.54) is 0 Å². The van der Waals surface area contributed by atoms with E-state index in [2.05, 4.69) is 26.0 Å². The Morgan fingerprint density at radius 1 is 1.28 bits per heavy atom. The van der Waals surface area contributed by atoms with Crippen LogP contribution in [-0.2, 0) is 20.5 Å². The van der Waals surface area contributed by atoms with Gasteiger partial charge in [0.2, 0.25) is 0 Å². The van der Waals surface area contributed by atoms with Crippen molar-refractivity contribution in [3.8, 4) is 0 Å². The highest BCUT2D eigenvalue weighted by molar-refractivity contribution is 9.09. The molecule has 0 fully saturated rings. The molecule has 0 radical (unpaired) electrons. The molecule has 0 amide bonds. The maximum absolute atomic E-state index is 14.7. The molecule has 158 valence electrons. The fourth-order valence-corrected chi connectivity index (χ4v) is 3.76. The molecule has 0 bridgehead atoms. The first kappa shape index (κ1) is 23.1. The number of rotatable bonds is 5. The lowest BCUT2D eigenvalue weighted by atomic mass is 9.78. The number of allylic oxidation sites excluding steroid dienone is 2. The summed E-state index contributed by atoms with van der Waals surface area (Å²) in [6.45, 7) is -1.38. The van der Waals surface area contributed by atoms with Crippen LogP contribution in [0.3, 0.4) is 0 Å². The number of hydrogen-bond donors (Lipinski definition) is 2.